The van der Waals surface area contributed by atoms with Crippen molar-refractivity contribution in [3.8, 4) is 5.75 Å². The van der Waals surface area contributed by atoms with Gasteiger partial charge in [-0.15, -0.1) is 0 Å². The summed E-state index contributed by atoms with van der Waals surface area (Å²) in [6.07, 6.45) is 2.93. The van der Waals surface area contributed by atoms with Crippen LogP contribution in [0.15, 0.2) is 42.5 Å². The molecule has 0 radical (unpaired) electrons. The molecule has 0 spiro atoms. The molecule has 0 N–H and O–H groups in total. The Morgan fingerprint density at radius 1 is 1.24 bits per heavy atom. The highest BCUT2D eigenvalue weighted by Gasteiger charge is 2.33. The molecule has 5 nitrogen and oxygen atoms in total. The van der Waals surface area contributed by atoms with Crippen molar-refractivity contribution >= 4 is 38.3 Å². The van der Waals surface area contributed by atoms with Gasteiger partial charge in [-0.3, -0.25) is 4.79 Å². The first kappa shape index (κ1) is 18.4. The van der Waals surface area contributed by atoms with Crippen molar-refractivity contribution in [2.45, 2.75) is 26.2 Å². The lowest BCUT2D eigenvalue weighted by Gasteiger charge is -2.33. The number of benzene rings is 2. The molecule has 2 aliphatic rings. The number of fused-ring (bicyclic) bond motifs is 2. The Morgan fingerprint density at radius 3 is 3.03 bits per heavy atom. The van der Waals surface area contributed by atoms with Crippen LogP contribution in [0.25, 0.3) is 10.2 Å². The Labute approximate surface area is 174 Å². The molecule has 0 aliphatic carbocycles. The Kier molecular flexibility index (Phi) is 4.87. The minimum absolute atomic E-state index is 0.0286. The Hall–Kier alpha value is -2.60. The number of hydrogen-bond donors (Lipinski definition) is 0. The second-order valence-corrected chi connectivity index (χ2v) is 8.72. The largest absolute Gasteiger partial charge is 0.494 e. The van der Waals surface area contributed by atoms with Gasteiger partial charge in [-0.1, -0.05) is 29.5 Å². The van der Waals surface area contributed by atoms with Crippen LogP contribution in [-0.2, 0) is 11.2 Å². The van der Waals surface area contributed by atoms with Crippen LogP contribution in [0.1, 0.15) is 25.3 Å². The molecule has 29 heavy (non-hydrogen) atoms. The van der Waals surface area contributed by atoms with Crippen molar-refractivity contribution in [1.82, 2.24) is 4.98 Å². The van der Waals surface area contributed by atoms with Gasteiger partial charge in [-0.05, 0) is 56.0 Å². The topological polar surface area (TPSA) is 45.7 Å². The lowest BCUT2D eigenvalue weighted by atomic mass is 9.97. The van der Waals surface area contributed by atoms with Crippen LogP contribution >= 0.6 is 11.3 Å². The van der Waals surface area contributed by atoms with Crippen LogP contribution in [-0.4, -0.2) is 37.1 Å². The van der Waals surface area contributed by atoms with Gasteiger partial charge in [0.25, 0.3) is 0 Å². The Bertz CT molecular complexity index is 1050. The summed E-state index contributed by atoms with van der Waals surface area (Å²) in [6.45, 7) is 5.16. The molecule has 2 aromatic carbocycles. The van der Waals surface area contributed by atoms with Gasteiger partial charge < -0.3 is 14.5 Å². The molecule has 0 saturated carbocycles. The van der Waals surface area contributed by atoms with E-state index < -0.39 is 0 Å². The summed E-state index contributed by atoms with van der Waals surface area (Å²) in [5, 5.41) is 1.01. The number of rotatable bonds is 4. The molecule has 1 fully saturated rings. The van der Waals surface area contributed by atoms with Crippen LogP contribution in [0.5, 0.6) is 5.75 Å². The van der Waals surface area contributed by atoms with Crippen molar-refractivity contribution < 1.29 is 9.53 Å². The smallest absolute Gasteiger partial charge is 0.231 e. The summed E-state index contributed by atoms with van der Waals surface area (Å²) in [5.74, 6) is 1.18. The van der Waals surface area contributed by atoms with Gasteiger partial charge in [0.15, 0.2) is 5.13 Å². The number of carbonyl (C=O) groups is 1. The number of aromatic nitrogens is 1. The first-order chi connectivity index (χ1) is 14.2. The van der Waals surface area contributed by atoms with E-state index in [9.17, 15) is 4.79 Å². The summed E-state index contributed by atoms with van der Waals surface area (Å²) >= 11 is 1.69. The summed E-state index contributed by atoms with van der Waals surface area (Å²) < 4.78 is 6.75. The van der Waals surface area contributed by atoms with Crippen LogP contribution in [0.3, 0.4) is 0 Å². The van der Waals surface area contributed by atoms with Gasteiger partial charge in [0.2, 0.25) is 5.91 Å². The quantitative estimate of drug-likeness (QED) is 0.639. The number of thiazole rings is 1. The molecular formula is C23H25N3O2S. The van der Waals surface area contributed by atoms with E-state index in [1.54, 1.807) is 11.3 Å². The van der Waals surface area contributed by atoms with Crippen molar-refractivity contribution in [3.05, 3.63) is 48.0 Å². The fourth-order valence-corrected chi connectivity index (χ4v) is 5.45. The van der Waals surface area contributed by atoms with E-state index in [0.717, 1.165) is 65.7 Å². The number of nitrogens with zero attached hydrogens (tertiary/aromatic N) is 3. The number of anilines is 2. The second-order valence-electron chi connectivity index (χ2n) is 7.71. The number of ether oxygens (including phenoxy) is 1. The maximum absolute atomic E-state index is 13.3. The van der Waals surface area contributed by atoms with E-state index in [1.165, 1.54) is 5.56 Å². The zero-order chi connectivity index (χ0) is 19.8. The van der Waals surface area contributed by atoms with E-state index in [4.69, 9.17) is 9.72 Å². The lowest BCUT2D eigenvalue weighted by Crippen LogP contribution is -2.44. The highest BCUT2D eigenvalue weighted by atomic mass is 32.1. The number of hydrogen-bond acceptors (Lipinski definition) is 5. The summed E-state index contributed by atoms with van der Waals surface area (Å²) in [6, 6.07) is 14.3. The fourth-order valence-electron chi connectivity index (χ4n) is 4.42. The normalized spacial score (nSPS) is 18.9. The van der Waals surface area contributed by atoms with Gasteiger partial charge in [0.05, 0.1) is 22.7 Å². The molecular weight excluding hydrogens is 382 g/mol. The first-order valence-electron chi connectivity index (χ1n) is 10.4. The van der Waals surface area contributed by atoms with Gasteiger partial charge in [0.1, 0.15) is 5.75 Å². The molecule has 150 valence electrons. The number of amides is 1. The zero-order valence-corrected chi connectivity index (χ0v) is 17.5. The Balaban J connectivity index is 1.34. The molecule has 1 saturated heterocycles. The van der Waals surface area contributed by atoms with Crippen LogP contribution in [0.2, 0.25) is 0 Å². The van der Waals surface area contributed by atoms with E-state index in [0.29, 0.717) is 6.61 Å². The van der Waals surface area contributed by atoms with Gasteiger partial charge in [0, 0.05) is 25.3 Å². The third kappa shape index (κ3) is 3.46. The van der Waals surface area contributed by atoms with Gasteiger partial charge >= 0.3 is 0 Å². The third-order valence-corrected chi connectivity index (χ3v) is 6.93. The lowest BCUT2D eigenvalue weighted by molar-refractivity contribution is -0.122. The van der Waals surface area contributed by atoms with Gasteiger partial charge in [-0.25, -0.2) is 4.98 Å². The third-order valence-electron chi connectivity index (χ3n) is 5.85. The standard InChI is InChI=1S/C23H25N3O2S/c1-2-28-18-9-10-19-21(14-18)29-23(24-19)25-12-5-7-17(15-25)22(27)26-13-11-16-6-3-4-8-20(16)26/h3-4,6,8-10,14,17H,2,5,7,11-13,15H2,1H3. The zero-order valence-electron chi connectivity index (χ0n) is 16.6. The van der Waals surface area contributed by atoms with Gasteiger partial charge in [-0.2, -0.15) is 0 Å². The minimum atomic E-state index is 0.0286. The average Bonchev–Trinajstić information content (AvgIpc) is 3.37. The van der Waals surface area contributed by atoms with Crippen LogP contribution in [0.4, 0.5) is 10.8 Å². The number of para-hydroxylation sites is 1. The molecule has 1 atom stereocenters. The van der Waals surface area contributed by atoms with Crippen LogP contribution in [0, 0.1) is 5.92 Å². The number of piperidine rings is 1. The predicted octanol–water partition coefficient (Wildman–Crippen LogP) is 4.50. The summed E-state index contributed by atoms with van der Waals surface area (Å²) in [5.41, 5.74) is 3.37. The molecule has 6 heteroatoms. The molecule has 0 bridgehead atoms. The van der Waals surface area contributed by atoms with E-state index in [2.05, 4.69) is 29.2 Å². The van der Waals surface area contributed by atoms with Crippen molar-refractivity contribution in [2.24, 2.45) is 5.92 Å². The highest BCUT2D eigenvalue weighted by molar-refractivity contribution is 7.22. The highest BCUT2D eigenvalue weighted by Crippen LogP contribution is 2.35. The summed E-state index contributed by atoms with van der Waals surface area (Å²) in [7, 11) is 0. The maximum atomic E-state index is 13.3. The fraction of sp³-hybridized carbons (Fsp3) is 0.391. The first-order valence-corrected chi connectivity index (χ1v) is 11.2. The van der Waals surface area contributed by atoms with E-state index in [-0.39, 0.29) is 11.8 Å². The molecule has 2 aliphatic heterocycles. The van der Waals surface area contributed by atoms with Crippen molar-refractivity contribution in [3.63, 3.8) is 0 Å². The Morgan fingerprint density at radius 2 is 2.14 bits per heavy atom. The SMILES string of the molecule is CCOc1ccc2nc(N3CCCC(C(=O)N4CCc5ccccc54)C3)sc2c1. The molecule has 1 unspecified atom stereocenters. The molecule has 3 heterocycles. The number of carbonyl (C=O) groups excluding carboxylic acids is 1. The monoisotopic (exact) mass is 407 g/mol. The minimum Gasteiger partial charge on any atom is -0.494 e. The van der Waals surface area contributed by atoms with E-state index in [1.807, 2.05) is 30.0 Å². The molecule has 1 amide bonds. The average molecular weight is 408 g/mol. The van der Waals surface area contributed by atoms with Crippen LogP contribution < -0.4 is 14.5 Å². The van der Waals surface area contributed by atoms with Crippen molar-refractivity contribution in [2.75, 3.05) is 36.0 Å². The van der Waals surface area contributed by atoms with Crippen molar-refractivity contribution in [1.29, 1.82) is 0 Å². The maximum Gasteiger partial charge on any atom is 0.231 e. The molecule has 1 aromatic heterocycles. The summed E-state index contributed by atoms with van der Waals surface area (Å²) in [4.78, 5) is 22.4. The van der Waals surface area contributed by atoms with E-state index >= 15 is 0 Å². The second kappa shape index (κ2) is 7.67. The molecule has 5 rings (SSSR count). The molecule has 3 aromatic rings. The predicted molar refractivity (Wildman–Crippen MR) is 118 cm³/mol.